The maximum absolute atomic E-state index is 14.2. The molecule has 0 aliphatic carbocycles. The smallest absolute Gasteiger partial charge is 0.264 e. The average molecular weight is 619 g/mol. The Morgan fingerprint density at radius 3 is 2.07 bits per heavy atom. The van der Waals surface area contributed by atoms with Gasteiger partial charge in [0.1, 0.15) is 12.6 Å². The van der Waals surface area contributed by atoms with Gasteiger partial charge in [-0.15, -0.1) is 0 Å². The Labute approximate surface area is 253 Å². The first-order valence-corrected chi connectivity index (χ1v) is 15.8. The quantitative estimate of drug-likeness (QED) is 0.250. The third-order valence-corrected chi connectivity index (χ3v) is 9.24. The van der Waals surface area contributed by atoms with E-state index in [0.717, 1.165) is 27.4 Å². The number of nitrogens with zero attached hydrogens (tertiary/aromatic N) is 2. The van der Waals surface area contributed by atoms with Crippen molar-refractivity contribution >= 4 is 50.7 Å². The van der Waals surface area contributed by atoms with Gasteiger partial charge in [0.25, 0.3) is 10.0 Å². The van der Waals surface area contributed by atoms with E-state index in [9.17, 15) is 18.0 Å². The predicted octanol–water partition coefficient (Wildman–Crippen LogP) is 6.53. The first-order chi connectivity index (χ1) is 19.4. The molecule has 0 bridgehead atoms. The highest BCUT2D eigenvalue weighted by molar-refractivity contribution is 7.92. The van der Waals surface area contributed by atoms with Crippen LogP contribution in [0.2, 0.25) is 10.0 Å². The van der Waals surface area contributed by atoms with Crippen molar-refractivity contribution in [2.75, 3.05) is 10.8 Å². The minimum Gasteiger partial charge on any atom is -0.352 e. The maximum Gasteiger partial charge on any atom is 0.264 e. The molecular formula is C31H37Cl2N3O4S. The number of aryl methyl sites for hydroxylation is 2. The number of benzene rings is 3. The standard InChI is InChI=1S/C31H37Cl2N3O4S/c1-6-23(5)34-31(38)29(7-2)35(19-24-11-9-8-10-22(24)4)30(37)20-36(27-17-25(32)16-26(33)18-27)41(39,40)28-14-12-21(3)13-15-28/h8-18,23,29H,6-7,19-20H2,1-5H3,(H,34,38)/t23-,29+/m1/s1. The van der Waals surface area contributed by atoms with Gasteiger partial charge in [-0.3, -0.25) is 13.9 Å². The van der Waals surface area contributed by atoms with Crippen molar-refractivity contribution in [3.8, 4) is 0 Å². The molecule has 0 heterocycles. The predicted molar refractivity (Wildman–Crippen MR) is 166 cm³/mol. The zero-order valence-electron chi connectivity index (χ0n) is 24.0. The second kappa shape index (κ2) is 14.2. The molecule has 0 aromatic heterocycles. The first kappa shape index (κ1) is 32.4. The third-order valence-electron chi connectivity index (χ3n) is 7.01. The molecule has 0 fully saturated rings. The van der Waals surface area contributed by atoms with Gasteiger partial charge in [0.2, 0.25) is 11.8 Å². The summed E-state index contributed by atoms with van der Waals surface area (Å²) >= 11 is 12.5. The van der Waals surface area contributed by atoms with Crippen LogP contribution < -0.4 is 9.62 Å². The highest BCUT2D eigenvalue weighted by Crippen LogP contribution is 2.30. The molecule has 10 heteroatoms. The van der Waals surface area contributed by atoms with Gasteiger partial charge >= 0.3 is 0 Å². The minimum absolute atomic E-state index is 0.0130. The fourth-order valence-electron chi connectivity index (χ4n) is 4.38. The molecule has 2 amide bonds. The summed E-state index contributed by atoms with van der Waals surface area (Å²) < 4.78 is 29.0. The lowest BCUT2D eigenvalue weighted by molar-refractivity contribution is -0.140. The van der Waals surface area contributed by atoms with Crippen LogP contribution in [-0.2, 0) is 26.2 Å². The molecule has 0 spiro atoms. The van der Waals surface area contributed by atoms with Crippen molar-refractivity contribution in [2.45, 2.75) is 71.0 Å². The number of carbonyl (C=O) groups excluding carboxylic acids is 2. The van der Waals surface area contributed by atoms with Crippen LogP contribution in [0, 0.1) is 13.8 Å². The Morgan fingerprint density at radius 2 is 1.51 bits per heavy atom. The number of nitrogens with one attached hydrogen (secondary N) is 1. The molecule has 0 aliphatic heterocycles. The molecule has 41 heavy (non-hydrogen) atoms. The molecular weight excluding hydrogens is 581 g/mol. The Hall–Kier alpha value is -3.07. The van der Waals surface area contributed by atoms with E-state index in [0.29, 0.717) is 6.42 Å². The molecule has 7 nitrogen and oxygen atoms in total. The molecule has 220 valence electrons. The van der Waals surface area contributed by atoms with Gasteiger partial charge in [-0.1, -0.05) is 79.0 Å². The fraction of sp³-hybridized carbons (Fsp3) is 0.355. The lowest BCUT2D eigenvalue weighted by atomic mass is 10.1. The Balaban J connectivity index is 2.10. The van der Waals surface area contributed by atoms with E-state index >= 15 is 0 Å². The summed E-state index contributed by atoms with van der Waals surface area (Å²) in [5.41, 5.74) is 2.84. The van der Waals surface area contributed by atoms with Crippen LogP contribution in [0.3, 0.4) is 0 Å². The third kappa shape index (κ3) is 8.24. The first-order valence-electron chi connectivity index (χ1n) is 13.6. The highest BCUT2D eigenvalue weighted by Gasteiger charge is 2.34. The largest absolute Gasteiger partial charge is 0.352 e. The molecule has 0 saturated carbocycles. The number of carbonyl (C=O) groups is 2. The van der Waals surface area contributed by atoms with Crippen molar-refractivity contribution in [3.63, 3.8) is 0 Å². The number of amides is 2. The van der Waals surface area contributed by atoms with Gasteiger partial charge in [0.15, 0.2) is 0 Å². The van der Waals surface area contributed by atoms with E-state index in [2.05, 4.69) is 5.32 Å². The lowest BCUT2D eigenvalue weighted by Gasteiger charge is -2.34. The van der Waals surface area contributed by atoms with Crippen molar-refractivity contribution in [2.24, 2.45) is 0 Å². The summed E-state index contributed by atoms with van der Waals surface area (Å²) in [6.45, 7) is 9.05. The summed E-state index contributed by atoms with van der Waals surface area (Å²) in [6, 6.07) is 17.4. The summed E-state index contributed by atoms with van der Waals surface area (Å²) in [5.74, 6) is -0.825. The van der Waals surface area contributed by atoms with Crippen LogP contribution in [0.25, 0.3) is 0 Å². The van der Waals surface area contributed by atoms with Crippen LogP contribution in [0.4, 0.5) is 5.69 Å². The van der Waals surface area contributed by atoms with Crippen molar-refractivity contribution in [1.82, 2.24) is 10.2 Å². The van der Waals surface area contributed by atoms with Gasteiger partial charge < -0.3 is 10.2 Å². The van der Waals surface area contributed by atoms with E-state index in [4.69, 9.17) is 23.2 Å². The van der Waals surface area contributed by atoms with Crippen LogP contribution in [0.1, 0.15) is 50.3 Å². The topological polar surface area (TPSA) is 86.8 Å². The molecule has 0 radical (unpaired) electrons. The second-order valence-electron chi connectivity index (χ2n) is 10.1. The normalized spacial score (nSPS) is 12.9. The minimum atomic E-state index is -4.22. The summed E-state index contributed by atoms with van der Waals surface area (Å²) in [7, 11) is -4.22. The molecule has 3 rings (SSSR count). The molecule has 2 atom stereocenters. The number of halogens is 2. The summed E-state index contributed by atoms with van der Waals surface area (Å²) in [6.07, 6.45) is 1.07. The average Bonchev–Trinajstić information content (AvgIpc) is 2.92. The molecule has 0 saturated heterocycles. The highest BCUT2D eigenvalue weighted by atomic mass is 35.5. The van der Waals surface area contributed by atoms with E-state index in [1.165, 1.54) is 35.2 Å². The van der Waals surface area contributed by atoms with Crippen LogP contribution in [0.15, 0.2) is 71.6 Å². The van der Waals surface area contributed by atoms with Gasteiger partial charge in [-0.25, -0.2) is 8.42 Å². The SMILES string of the molecule is CC[C@@H](C)NC(=O)[C@H](CC)N(Cc1ccccc1C)C(=O)CN(c1cc(Cl)cc(Cl)c1)S(=O)(=O)c1ccc(C)cc1. The molecule has 3 aromatic rings. The van der Waals surface area contributed by atoms with Crippen molar-refractivity contribution in [1.29, 1.82) is 0 Å². The monoisotopic (exact) mass is 617 g/mol. The summed E-state index contributed by atoms with van der Waals surface area (Å²) in [4.78, 5) is 29.0. The molecule has 0 aliphatic rings. The van der Waals surface area contributed by atoms with E-state index in [1.54, 1.807) is 12.1 Å². The Morgan fingerprint density at radius 1 is 0.902 bits per heavy atom. The van der Waals surface area contributed by atoms with E-state index in [-0.39, 0.29) is 39.1 Å². The van der Waals surface area contributed by atoms with Crippen LogP contribution >= 0.6 is 23.2 Å². The Kier molecular flexibility index (Phi) is 11.2. The van der Waals surface area contributed by atoms with E-state index in [1.807, 2.05) is 58.9 Å². The van der Waals surface area contributed by atoms with E-state index < -0.39 is 28.5 Å². The maximum atomic E-state index is 14.2. The lowest BCUT2D eigenvalue weighted by Crippen LogP contribution is -2.53. The van der Waals surface area contributed by atoms with Crippen molar-refractivity contribution < 1.29 is 18.0 Å². The molecule has 0 unspecified atom stereocenters. The Bertz CT molecular complexity index is 1460. The number of hydrogen-bond acceptors (Lipinski definition) is 4. The zero-order valence-corrected chi connectivity index (χ0v) is 26.4. The van der Waals surface area contributed by atoms with Gasteiger partial charge in [0.05, 0.1) is 10.6 Å². The zero-order chi connectivity index (χ0) is 30.3. The van der Waals surface area contributed by atoms with Gasteiger partial charge in [-0.05, 0) is 75.1 Å². The fourth-order valence-corrected chi connectivity index (χ4v) is 6.29. The molecule has 1 N–H and O–H groups in total. The number of rotatable bonds is 12. The van der Waals surface area contributed by atoms with Crippen LogP contribution in [-0.4, -0.2) is 43.8 Å². The number of sulfonamides is 1. The molecule has 3 aromatic carbocycles. The number of hydrogen-bond donors (Lipinski definition) is 1. The summed E-state index contributed by atoms with van der Waals surface area (Å²) in [5, 5.41) is 3.42. The van der Waals surface area contributed by atoms with Gasteiger partial charge in [0, 0.05) is 22.6 Å². The van der Waals surface area contributed by atoms with Crippen LogP contribution in [0.5, 0.6) is 0 Å². The second-order valence-corrected chi connectivity index (χ2v) is 12.9. The van der Waals surface area contributed by atoms with Crippen molar-refractivity contribution in [3.05, 3.63) is 93.5 Å². The number of anilines is 1. The van der Waals surface area contributed by atoms with Gasteiger partial charge in [-0.2, -0.15) is 0 Å².